The van der Waals surface area contributed by atoms with Crippen LogP contribution in [0.15, 0.2) is 47.4 Å². The van der Waals surface area contributed by atoms with Crippen molar-refractivity contribution >= 4 is 18.5 Å². The minimum absolute atomic E-state index is 0.0798. The van der Waals surface area contributed by atoms with E-state index in [4.69, 9.17) is 9.47 Å². The molecular weight excluding hydrogens is 314 g/mol. The van der Waals surface area contributed by atoms with Crippen molar-refractivity contribution in [3.63, 3.8) is 0 Å². The van der Waals surface area contributed by atoms with Gasteiger partial charge in [0.05, 0.1) is 25.9 Å². The summed E-state index contributed by atoms with van der Waals surface area (Å²) in [6, 6.07) is 12.1. The maximum Gasteiger partial charge on any atom is 0.252 e. The fourth-order valence-corrected chi connectivity index (χ4v) is 2.39. The Balaban J connectivity index is 2.03. The van der Waals surface area contributed by atoms with E-state index in [1.54, 1.807) is 49.6 Å². The lowest BCUT2D eigenvalue weighted by atomic mass is 10.1. The molecule has 122 valence electrons. The number of carbonyl (C=O) groups is 1. The van der Waals surface area contributed by atoms with Crippen LogP contribution in [0.1, 0.15) is 22.0 Å². The van der Waals surface area contributed by atoms with Crippen molar-refractivity contribution in [2.45, 2.75) is 11.0 Å². The zero-order valence-electron chi connectivity index (χ0n) is 12.9. The smallest absolute Gasteiger partial charge is 0.252 e. The average molecular weight is 333 g/mol. The van der Waals surface area contributed by atoms with Crippen LogP contribution in [0.25, 0.3) is 0 Å². The van der Waals surface area contributed by atoms with Gasteiger partial charge in [-0.05, 0) is 29.8 Å². The van der Waals surface area contributed by atoms with Crippen molar-refractivity contribution in [3.05, 3.63) is 53.6 Å². The number of carbonyl (C=O) groups excluding carboxylic acids is 1. The van der Waals surface area contributed by atoms with E-state index in [2.05, 4.69) is 17.9 Å². The van der Waals surface area contributed by atoms with Crippen LogP contribution < -0.4 is 14.8 Å². The Bertz CT molecular complexity index is 690. The number of ether oxygens (including phenoxy) is 2. The number of thiol groups is 1. The van der Waals surface area contributed by atoms with Gasteiger partial charge in [0, 0.05) is 11.4 Å². The summed E-state index contributed by atoms with van der Waals surface area (Å²) in [4.78, 5) is 12.7. The number of aliphatic hydroxyl groups excluding tert-OH is 1. The summed E-state index contributed by atoms with van der Waals surface area (Å²) in [7, 11) is 3.07. The minimum Gasteiger partial charge on any atom is -0.493 e. The first-order chi connectivity index (χ1) is 11.1. The van der Waals surface area contributed by atoms with Gasteiger partial charge >= 0.3 is 0 Å². The Morgan fingerprint density at radius 3 is 2.52 bits per heavy atom. The monoisotopic (exact) mass is 333 g/mol. The fraction of sp³-hybridized carbons (Fsp3) is 0.235. The highest BCUT2D eigenvalue weighted by Crippen LogP contribution is 2.29. The predicted molar refractivity (Wildman–Crippen MR) is 90.5 cm³/mol. The normalized spacial score (nSPS) is 11.7. The molecular formula is C17H19NO4S. The first-order valence-electron chi connectivity index (χ1n) is 7.03. The molecule has 2 aromatic carbocycles. The summed E-state index contributed by atoms with van der Waals surface area (Å²) in [5.41, 5.74) is 1.09. The number of benzene rings is 2. The Hall–Kier alpha value is -2.18. The SMILES string of the molecule is COc1ccc(C(O)CNC(=O)c2ccccc2S)cc1OC. The van der Waals surface area contributed by atoms with E-state index in [0.29, 0.717) is 27.5 Å². The molecule has 23 heavy (non-hydrogen) atoms. The summed E-state index contributed by atoms with van der Waals surface area (Å²) in [6.45, 7) is 0.0798. The molecule has 1 unspecified atom stereocenters. The number of hydrogen-bond acceptors (Lipinski definition) is 5. The predicted octanol–water partition coefficient (Wildman–Crippen LogP) is 2.46. The van der Waals surface area contributed by atoms with Crippen LogP contribution in [0.3, 0.4) is 0 Å². The van der Waals surface area contributed by atoms with Gasteiger partial charge in [0.1, 0.15) is 0 Å². The van der Waals surface area contributed by atoms with Gasteiger partial charge in [0.25, 0.3) is 5.91 Å². The molecule has 0 radical (unpaired) electrons. The van der Waals surface area contributed by atoms with Crippen molar-refractivity contribution in [2.24, 2.45) is 0 Å². The van der Waals surface area contributed by atoms with Gasteiger partial charge in [-0.2, -0.15) is 0 Å². The molecule has 0 aromatic heterocycles. The van der Waals surface area contributed by atoms with Crippen LogP contribution in [-0.2, 0) is 0 Å². The van der Waals surface area contributed by atoms with Crippen molar-refractivity contribution in [1.82, 2.24) is 5.32 Å². The Kier molecular flexibility index (Phi) is 5.90. The molecule has 1 atom stereocenters. The van der Waals surface area contributed by atoms with E-state index in [9.17, 15) is 9.90 Å². The molecule has 0 fully saturated rings. The average Bonchev–Trinajstić information content (AvgIpc) is 2.59. The van der Waals surface area contributed by atoms with Crippen molar-refractivity contribution in [2.75, 3.05) is 20.8 Å². The molecule has 6 heteroatoms. The third-order valence-corrected chi connectivity index (χ3v) is 3.79. The molecule has 5 nitrogen and oxygen atoms in total. The second-order valence-corrected chi connectivity index (χ2v) is 5.34. The van der Waals surface area contributed by atoms with Crippen LogP contribution in [-0.4, -0.2) is 31.8 Å². The molecule has 0 aliphatic heterocycles. The van der Waals surface area contributed by atoms with Crippen molar-refractivity contribution < 1.29 is 19.4 Å². The van der Waals surface area contributed by atoms with E-state index in [1.807, 2.05) is 0 Å². The van der Waals surface area contributed by atoms with Gasteiger partial charge in [-0.1, -0.05) is 18.2 Å². The van der Waals surface area contributed by atoms with Gasteiger partial charge in [-0.3, -0.25) is 4.79 Å². The molecule has 2 N–H and O–H groups in total. The summed E-state index contributed by atoms with van der Waals surface area (Å²) in [5, 5.41) is 12.9. The van der Waals surface area contributed by atoms with Gasteiger partial charge in [-0.25, -0.2) is 0 Å². The molecule has 0 spiro atoms. The van der Waals surface area contributed by atoms with E-state index in [0.717, 1.165) is 0 Å². The number of methoxy groups -OCH3 is 2. The number of nitrogens with one attached hydrogen (secondary N) is 1. The quantitative estimate of drug-likeness (QED) is 0.711. The van der Waals surface area contributed by atoms with Crippen LogP contribution in [0.2, 0.25) is 0 Å². The fourth-order valence-electron chi connectivity index (χ4n) is 2.13. The van der Waals surface area contributed by atoms with Crippen LogP contribution >= 0.6 is 12.6 Å². The van der Waals surface area contributed by atoms with Crippen molar-refractivity contribution in [3.8, 4) is 11.5 Å². The summed E-state index contributed by atoms with van der Waals surface area (Å²) in [5.74, 6) is 0.822. The highest BCUT2D eigenvalue weighted by Gasteiger charge is 2.14. The van der Waals surface area contributed by atoms with Gasteiger partial charge < -0.3 is 19.9 Å². The number of rotatable bonds is 6. The summed E-state index contributed by atoms with van der Waals surface area (Å²) < 4.78 is 10.4. The number of hydrogen-bond donors (Lipinski definition) is 3. The zero-order valence-corrected chi connectivity index (χ0v) is 13.8. The minimum atomic E-state index is -0.856. The lowest BCUT2D eigenvalue weighted by Crippen LogP contribution is -2.28. The second-order valence-electron chi connectivity index (χ2n) is 4.86. The van der Waals surface area contributed by atoms with E-state index < -0.39 is 6.10 Å². The van der Waals surface area contributed by atoms with E-state index >= 15 is 0 Å². The molecule has 0 aliphatic carbocycles. The molecule has 0 aliphatic rings. The standard InChI is InChI=1S/C17H19NO4S/c1-21-14-8-7-11(9-15(14)22-2)13(19)10-18-17(20)12-5-3-4-6-16(12)23/h3-9,13,19,23H,10H2,1-2H3,(H,18,20). The third kappa shape index (κ3) is 4.18. The Labute approximate surface area is 140 Å². The molecule has 0 saturated heterocycles. The van der Waals surface area contributed by atoms with Crippen molar-refractivity contribution in [1.29, 1.82) is 0 Å². The Morgan fingerprint density at radius 1 is 1.17 bits per heavy atom. The molecule has 2 aromatic rings. The van der Waals surface area contributed by atoms with Gasteiger partial charge in [-0.15, -0.1) is 12.6 Å². The molecule has 0 heterocycles. The van der Waals surface area contributed by atoms with Crippen LogP contribution in [0, 0.1) is 0 Å². The van der Waals surface area contributed by atoms with E-state index in [1.165, 1.54) is 7.11 Å². The summed E-state index contributed by atoms with van der Waals surface area (Å²) in [6.07, 6.45) is -0.856. The largest absolute Gasteiger partial charge is 0.493 e. The molecule has 0 bridgehead atoms. The first kappa shape index (κ1) is 17.2. The lowest BCUT2D eigenvalue weighted by Gasteiger charge is -2.15. The highest BCUT2D eigenvalue weighted by atomic mass is 32.1. The maximum atomic E-state index is 12.1. The number of aliphatic hydroxyl groups is 1. The summed E-state index contributed by atoms with van der Waals surface area (Å²) >= 11 is 4.25. The Morgan fingerprint density at radius 2 is 1.87 bits per heavy atom. The maximum absolute atomic E-state index is 12.1. The third-order valence-electron chi connectivity index (χ3n) is 3.40. The molecule has 1 amide bonds. The highest BCUT2D eigenvalue weighted by molar-refractivity contribution is 7.80. The van der Waals surface area contributed by atoms with Crippen LogP contribution in [0.4, 0.5) is 0 Å². The molecule has 0 saturated carbocycles. The van der Waals surface area contributed by atoms with Crippen LogP contribution in [0.5, 0.6) is 11.5 Å². The lowest BCUT2D eigenvalue weighted by molar-refractivity contribution is 0.0913. The second kappa shape index (κ2) is 7.89. The zero-order chi connectivity index (χ0) is 16.8. The first-order valence-corrected chi connectivity index (χ1v) is 7.47. The number of amides is 1. The molecule has 2 rings (SSSR count). The van der Waals surface area contributed by atoms with Gasteiger partial charge in [0.15, 0.2) is 11.5 Å². The van der Waals surface area contributed by atoms with E-state index in [-0.39, 0.29) is 12.5 Å². The van der Waals surface area contributed by atoms with Gasteiger partial charge in [0.2, 0.25) is 0 Å². The topological polar surface area (TPSA) is 67.8 Å².